The summed E-state index contributed by atoms with van der Waals surface area (Å²) in [6.07, 6.45) is 4.15. The van der Waals surface area contributed by atoms with E-state index in [1.54, 1.807) is 36.7 Å². The highest BCUT2D eigenvalue weighted by atomic mass is 16.5. The lowest BCUT2D eigenvalue weighted by Crippen LogP contribution is -2.33. The van der Waals surface area contributed by atoms with Crippen molar-refractivity contribution in [3.8, 4) is 5.75 Å². The normalized spacial score (nSPS) is 11.4. The highest BCUT2D eigenvalue weighted by Gasteiger charge is 2.21. The maximum atomic E-state index is 12.8. The van der Waals surface area contributed by atoms with E-state index in [4.69, 9.17) is 4.74 Å². The van der Waals surface area contributed by atoms with Gasteiger partial charge in [-0.1, -0.05) is 44.2 Å². The average molecular weight is 418 g/mol. The van der Waals surface area contributed by atoms with Gasteiger partial charge in [0.05, 0.1) is 11.3 Å². The molecule has 3 aromatic rings. The first-order valence-electron chi connectivity index (χ1n) is 10.4. The highest BCUT2D eigenvalue weighted by Crippen LogP contribution is 2.19. The molecule has 0 saturated heterocycles. The Bertz CT molecular complexity index is 1000. The number of aromatic nitrogens is 1. The lowest BCUT2D eigenvalue weighted by atomic mass is 10.1. The van der Waals surface area contributed by atoms with E-state index >= 15 is 0 Å². The van der Waals surface area contributed by atoms with Crippen LogP contribution in [0.4, 0.5) is 5.69 Å². The molecule has 0 bridgehead atoms. The zero-order valence-electron chi connectivity index (χ0n) is 17.8. The lowest BCUT2D eigenvalue weighted by molar-refractivity contribution is -0.122. The van der Waals surface area contributed by atoms with E-state index in [0.717, 1.165) is 12.0 Å². The van der Waals surface area contributed by atoms with Gasteiger partial charge < -0.3 is 15.4 Å². The molecule has 0 saturated carbocycles. The van der Waals surface area contributed by atoms with Crippen LogP contribution in [0.25, 0.3) is 0 Å². The molecule has 2 N–H and O–H groups in total. The molecule has 0 aliphatic carbocycles. The van der Waals surface area contributed by atoms with E-state index in [9.17, 15) is 9.59 Å². The van der Waals surface area contributed by atoms with Crippen molar-refractivity contribution < 1.29 is 14.3 Å². The molecule has 0 aliphatic rings. The number of para-hydroxylation sites is 1. The van der Waals surface area contributed by atoms with Crippen LogP contribution in [-0.4, -0.2) is 22.9 Å². The Labute approximate surface area is 182 Å². The lowest BCUT2D eigenvalue weighted by Gasteiger charge is -2.18. The molecule has 160 valence electrons. The summed E-state index contributed by atoms with van der Waals surface area (Å²) in [6.45, 7) is 4.32. The van der Waals surface area contributed by atoms with Crippen molar-refractivity contribution in [1.82, 2.24) is 10.3 Å². The molecule has 3 rings (SSSR count). The van der Waals surface area contributed by atoms with Crippen molar-refractivity contribution in [3.05, 3.63) is 89.7 Å². The van der Waals surface area contributed by atoms with Crippen molar-refractivity contribution in [2.24, 2.45) is 0 Å². The monoisotopic (exact) mass is 417 g/mol. The summed E-state index contributed by atoms with van der Waals surface area (Å²) in [6, 6.07) is 18.3. The van der Waals surface area contributed by atoms with Gasteiger partial charge in [-0.3, -0.25) is 14.6 Å². The van der Waals surface area contributed by atoms with Crippen LogP contribution in [0.15, 0.2) is 73.1 Å². The minimum atomic E-state index is -0.668. The molecule has 1 atom stereocenters. The highest BCUT2D eigenvalue weighted by molar-refractivity contribution is 6.04. The molecule has 0 radical (unpaired) electrons. The molecule has 31 heavy (non-hydrogen) atoms. The van der Waals surface area contributed by atoms with Crippen molar-refractivity contribution >= 4 is 17.5 Å². The van der Waals surface area contributed by atoms with E-state index in [1.165, 1.54) is 5.56 Å². The number of benzene rings is 2. The molecule has 0 fully saturated rings. The number of nitrogens with zero attached hydrogens (tertiary/aromatic N) is 1. The van der Waals surface area contributed by atoms with Gasteiger partial charge in [-0.25, -0.2) is 0 Å². The predicted molar refractivity (Wildman–Crippen MR) is 121 cm³/mol. The Kier molecular flexibility index (Phi) is 7.76. The number of amides is 2. The fraction of sp³-hybridized carbons (Fsp3) is 0.240. The first kappa shape index (κ1) is 22.0. The van der Waals surface area contributed by atoms with Gasteiger partial charge in [0.1, 0.15) is 5.75 Å². The second kappa shape index (κ2) is 10.9. The molecule has 2 amide bonds. The Morgan fingerprint density at radius 3 is 2.42 bits per heavy atom. The van der Waals surface area contributed by atoms with Gasteiger partial charge in [0.15, 0.2) is 6.10 Å². The summed E-state index contributed by atoms with van der Waals surface area (Å²) < 4.78 is 5.88. The number of hydrogen-bond donors (Lipinski definition) is 2. The fourth-order valence-corrected chi connectivity index (χ4v) is 3.07. The quantitative estimate of drug-likeness (QED) is 0.542. The second-order valence-electron chi connectivity index (χ2n) is 7.09. The molecular weight excluding hydrogens is 390 g/mol. The molecule has 1 heterocycles. The van der Waals surface area contributed by atoms with Gasteiger partial charge in [0.25, 0.3) is 11.8 Å². The summed E-state index contributed by atoms with van der Waals surface area (Å²) in [4.78, 5) is 29.6. The molecule has 0 aliphatic heterocycles. The summed E-state index contributed by atoms with van der Waals surface area (Å²) in [5.41, 5.74) is 2.93. The van der Waals surface area contributed by atoms with Gasteiger partial charge in [0, 0.05) is 18.9 Å². The van der Waals surface area contributed by atoms with Crippen LogP contribution in [0, 0.1) is 0 Å². The number of ether oxygens (including phenoxy) is 1. The fourth-order valence-electron chi connectivity index (χ4n) is 3.07. The maximum absolute atomic E-state index is 12.8. The van der Waals surface area contributed by atoms with Crippen molar-refractivity contribution in [1.29, 1.82) is 0 Å². The smallest absolute Gasteiger partial charge is 0.265 e. The molecular formula is C25H27N3O3. The zero-order valence-corrected chi connectivity index (χ0v) is 17.8. The predicted octanol–water partition coefficient (Wildman–Crippen LogP) is 4.37. The van der Waals surface area contributed by atoms with Crippen LogP contribution >= 0.6 is 0 Å². The summed E-state index contributed by atoms with van der Waals surface area (Å²) in [7, 11) is 0. The molecule has 1 aromatic heterocycles. The Hall–Kier alpha value is -3.67. The van der Waals surface area contributed by atoms with E-state index in [2.05, 4.69) is 22.5 Å². The first-order valence-corrected chi connectivity index (χ1v) is 10.4. The van der Waals surface area contributed by atoms with E-state index in [1.807, 2.05) is 43.3 Å². The van der Waals surface area contributed by atoms with E-state index in [0.29, 0.717) is 30.0 Å². The molecule has 6 nitrogen and oxygen atoms in total. The summed E-state index contributed by atoms with van der Waals surface area (Å²) in [5, 5.41) is 5.71. The van der Waals surface area contributed by atoms with Crippen LogP contribution in [0.5, 0.6) is 5.75 Å². The summed E-state index contributed by atoms with van der Waals surface area (Å²) >= 11 is 0. The van der Waals surface area contributed by atoms with Crippen molar-refractivity contribution in [3.63, 3.8) is 0 Å². The van der Waals surface area contributed by atoms with Crippen molar-refractivity contribution in [2.75, 3.05) is 5.32 Å². The number of aryl methyl sites for hydroxylation is 1. The number of carbonyl (C=O) groups excluding carboxylic acids is 2. The number of carbonyl (C=O) groups is 2. The van der Waals surface area contributed by atoms with Gasteiger partial charge in [-0.05, 0) is 54.3 Å². The van der Waals surface area contributed by atoms with Gasteiger partial charge in [0.2, 0.25) is 0 Å². The first-order chi connectivity index (χ1) is 15.1. The number of pyridine rings is 1. The van der Waals surface area contributed by atoms with Gasteiger partial charge in [-0.2, -0.15) is 0 Å². The molecule has 2 aromatic carbocycles. The van der Waals surface area contributed by atoms with Crippen LogP contribution in [-0.2, 0) is 17.8 Å². The van der Waals surface area contributed by atoms with E-state index in [-0.39, 0.29) is 11.8 Å². The minimum Gasteiger partial charge on any atom is -0.481 e. The molecule has 6 heteroatoms. The SMILES string of the molecule is CCc1ccc(OC(CC)C(=O)Nc2ccccc2C(=O)NCc2cccnc2)cc1. The van der Waals surface area contributed by atoms with Crippen LogP contribution in [0.3, 0.4) is 0 Å². The van der Waals surface area contributed by atoms with E-state index < -0.39 is 6.10 Å². The molecule has 0 spiro atoms. The largest absolute Gasteiger partial charge is 0.481 e. The number of anilines is 1. The topological polar surface area (TPSA) is 80.3 Å². The van der Waals surface area contributed by atoms with Crippen LogP contribution in [0.1, 0.15) is 41.8 Å². The standard InChI is InChI=1S/C25H27N3O3/c1-3-18-11-13-20(14-12-18)31-23(4-2)25(30)28-22-10-6-5-9-21(22)24(29)27-17-19-8-7-15-26-16-19/h5-16,23H,3-4,17H2,1-2H3,(H,27,29)(H,28,30). The molecule has 1 unspecified atom stereocenters. The van der Waals surface area contributed by atoms with Gasteiger partial charge in [-0.15, -0.1) is 0 Å². The maximum Gasteiger partial charge on any atom is 0.265 e. The number of nitrogens with one attached hydrogen (secondary N) is 2. The minimum absolute atomic E-state index is 0.274. The third kappa shape index (κ3) is 6.15. The van der Waals surface area contributed by atoms with Crippen LogP contribution < -0.4 is 15.4 Å². The van der Waals surface area contributed by atoms with Crippen LogP contribution in [0.2, 0.25) is 0 Å². The van der Waals surface area contributed by atoms with Gasteiger partial charge >= 0.3 is 0 Å². The second-order valence-corrected chi connectivity index (χ2v) is 7.09. The third-order valence-electron chi connectivity index (χ3n) is 4.88. The third-order valence-corrected chi connectivity index (χ3v) is 4.88. The number of hydrogen-bond acceptors (Lipinski definition) is 4. The Morgan fingerprint density at radius 2 is 1.74 bits per heavy atom. The number of rotatable bonds is 9. The zero-order chi connectivity index (χ0) is 22.1. The Balaban J connectivity index is 1.66. The van der Waals surface area contributed by atoms with Crippen molar-refractivity contribution in [2.45, 2.75) is 39.3 Å². The Morgan fingerprint density at radius 1 is 0.968 bits per heavy atom. The summed E-state index contributed by atoms with van der Waals surface area (Å²) in [5.74, 6) is 0.0696. The average Bonchev–Trinajstić information content (AvgIpc) is 2.82.